The zero-order valence-electron chi connectivity index (χ0n) is 10.4. The second-order valence-corrected chi connectivity index (χ2v) is 4.31. The van der Waals surface area contributed by atoms with Gasteiger partial charge >= 0.3 is 0 Å². The van der Waals surface area contributed by atoms with Gasteiger partial charge in [-0.1, -0.05) is 24.3 Å². The van der Waals surface area contributed by atoms with Crippen LogP contribution in [0.4, 0.5) is 8.78 Å². The molecule has 0 aliphatic heterocycles. The second kappa shape index (κ2) is 6.41. The highest BCUT2D eigenvalue weighted by atomic mass is 19.1. The molecule has 0 heterocycles. The molecule has 0 radical (unpaired) electrons. The van der Waals surface area contributed by atoms with Gasteiger partial charge in [0.05, 0.1) is 6.61 Å². The lowest BCUT2D eigenvalue weighted by atomic mass is 10.1. The van der Waals surface area contributed by atoms with Crippen molar-refractivity contribution >= 4 is 0 Å². The van der Waals surface area contributed by atoms with Crippen LogP contribution in [0.25, 0.3) is 0 Å². The van der Waals surface area contributed by atoms with Crippen LogP contribution >= 0.6 is 0 Å². The average molecular weight is 263 g/mol. The van der Waals surface area contributed by atoms with Crippen LogP contribution in [-0.2, 0) is 19.7 Å². The quantitative estimate of drug-likeness (QED) is 0.869. The van der Waals surface area contributed by atoms with Crippen LogP contribution in [0.5, 0.6) is 0 Å². The average Bonchev–Trinajstić information content (AvgIpc) is 2.43. The van der Waals surface area contributed by atoms with Crippen molar-refractivity contribution in [2.75, 3.05) is 0 Å². The molecule has 2 aromatic rings. The molecule has 4 heteroatoms. The topological polar surface area (TPSA) is 32.3 Å². The predicted molar refractivity (Wildman–Crippen MR) is 69.3 cm³/mol. The molecule has 0 saturated carbocycles. The van der Waals surface area contributed by atoms with E-state index in [9.17, 15) is 8.78 Å². The summed E-state index contributed by atoms with van der Waals surface area (Å²) in [7, 11) is 0. The molecule has 0 aliphatic rings. The number of halogens is 2. The molecule has 19 heavy (non-hydrogen) atoms. The maximum Gasteiger partial charge on any atom is 0.127 e. The first-order valence-corrected chi connectivity index (χ1v) is 6.02. The molecule has 0 amide bonds. The number of aliphatic hydroxyl groups excluding tert-OH is 1. The lowest BCUT2D eigenvalue weighted by Crippen LogP contribution is -2.14. The van der Waals surface area contributed by atoms with Gasteiger partial charge in [0, 0.05) is 18.7 Å². The molecule has 2 nitrogen and oxygen atoms in total. The smallest absolute Gasteiger partial charge is 0.127 e. The fourth-order valence-electron chi connectivity index (χ4n) is 1.78. The molecule has 0 bridgehead atoms. The van der Waals surface area contributed by atoms with Crippen molar-refractivity contribution in [3.05, 3.63) is 70.8 Å². The number of nitrogens with one attached hydrogen (secondary N) is 1. The van der Waals surface area contributed by atoms with Gasteiger partial charge in [0.15, 0.2) is 0 Å². The van der Waals surface area contributed by atoms with Gasteiger partial charge in [-0.3, -0.25) is 0 Å². The molecule has 0 fully saturated rings. The molecule has 2 N–H and O–H groups in total. The van der Waals surface area contributed by atoms with Gasteiger partial charge in [-0.2, -0.15) is 0 Å². The number of hydrogen-bond acceptors (Lipinski definition) is 2. The van der Waals surface area contributed by atoms with E-state index in [0.717, 1.165) is 23.3 Å². The zero-order valence-corrected chi connectivity index (χ0v) is 10.4. The van der Waals surface area contributed by atoms with Crippen molar-refractivity contribution in [2.24, 2.45) is 0 Å². The summed E-state index contributed by atoms with van der Waals surface area (Å²) in [5.74, 6) is -0.852. The van der Waals surface area contributed by atoms with Crippen LogP contribution in [0, 0.1) is 11.6 Å². The van der Waals surface area contributed by atoms with Crippen molar-refractivity contribution in [3.8, 4) is 0 Å². The Morgan fingerprint density at radius 2 is 1.58 bits per heavy atom. The largest absolute Gasteiger partial charge is 0.392 e. The molecule has 2 aromatic carbocycles. The highest BCUT2D eigenvalue weighted by molar-refractivity contribution is 5.22. The Morgan fingerprint density at radius 1 is 0.895 bits per heavy atom. The van der Waals surface area contributed by atoms with Crippen LogP contribution < -0.4 is 5.32 Å². The Hall–Kier alpha value is -1.78. The van der Waals surface area contributed by atoms with Gasteiger partial charge < -0.3 is 10.4 Å². The van der Waals surface area contributed by atoms with Crippen molar-refractivity contribution < 1.29 is 13.9 Å². The third-order valence-electron chi connectivity index (χ3n) is 2.86. The van der Waals surface area contributed by atoms with Crippen molar-refractivity contribution in [3.63, 3.8) is 0 Å². The molecule has 0 spiro atoms. The fraction of sp³-hybridized carbons (Fsp3) is 0.200. The summed E-state index contributed by atoms with van der Waals surface area (Å²) in [5, 5.41) is 12.0. The minimum Gasteiger partial charge on any atom is -0.392 e. The summed E-state index contributed by atoms with van der Waals surface area (Å²) in [6.45, 7) is 0.842. The first-order valence-electron chi connectivity index (χ1n) is 6.02. The second-order valence-electron chi connectivity index (χ2n) is 4.31. The Balaban J connectivity index is 1.90. The molecule has 0 saturated heterocycles. The Bertz CT molecular complexity index is 540. The van der Waals surface area contributed by atoms with E-state index in [1.54, 1.807) is 0 Å². The third kappa shape index (κ3) is 3.84. The van der Waals surface area contributed by atoms with Crippen molar-refractivity contribution in [1.29, 1.82) is 0 Å². The third-order valence-corrected chi connectivity index (χ3v) is 2.86. The standard InChI is InChI=1S/C15H15F2NO/c16-14-5-6-15(17)13(7-14)9-18-8-11-1-3-12(10-19)4-2-11/h1-7,18-19H,8-10H2. The monoisotopic (exact) mass is 263 g/mol. The molecule has 0 unspecified atom stereocenters. The van der Waals surface area contributed by atoms with E-state index in [1.807, 2.05) is 24.3 Å². The Kier molecular flexibility index (Phi) is 4.60. The summed E-state index contributed by atoms with van der Waals surface area (Å²) in [6.07, 6.45) is 0. The Morgan fingerprint density at radius 3 is 2.26 bits per heavy atom. The molecule has 0 atom stereocenters. The van der Waals surface area contributed by atoms with Gasteiger partial charge in [0.1, 0.15) is 11.6 Å². The summed E-state index contributed by atoms with van der Waals surface area (Å²) in [6, 6.07) is 10.9. The molecule has 2 rings (SSSR count). The van der Waals surface area contributed by atoms with Crippen molar-refractivity contribution in [2.45, 2.75) is 19.7 Å². The van der Waals surface area contributed by atoms with Crippen LogP contribution in [0.1, 0.15) is 16.7 Å². The molecule has 0 aliphatic carbocycles. The lowest BCUT2D eigenvalue weighted by Gasteiger charge is -2.07. The van der Waals surface area contributed by atoms with E-state index >= 15 is 0 Å². The van der Waals surface area contributed by atoms with Crippen LogP contribution in [-0.4, -0.2) is 5.11 Å². The van der Waals surface area contributed by atoms with E-state index < -0.39 is 11.6 Å². The highest BCUT2D eigenvalue weighted by Crippen LogP contribution is 2.10. The minimum absolute atomic E-state index is 0.0161. The summed E-state index contributed by atoms with van der Waals surface area (Å²) < 4.78 is 26.3. The first-order chi connectivity index (χ1) is 9.19. The van der Waals surface area contributed by atoms with Crippen LogP contribution in [0.3, 0.4) is 0 Å². The van der Waals surface area contributed by atoms with Gasteiger partial charge in [0.25, 0.3) is 0 Å². The van der Waals surface area contributed by atoms with Gasteiger partial charge in [-0.15, -0.1) is 0 Å². The molecule has 0 aromatic heterocycles. The van der Waals surface area contributed by atoms with Crippen LogP contribution in [0.2, 0.25) is 0 Å². The van der Waals surface area contributed by atoms with E-state index in [1.165, 1.54) is 6.07 Å². The summed E-state index contributed by atoms with van der Waals surface area (Å²) in [4.78, 5) is 0. The van der Waals surface area contributed by atoms with E-state index in [2.05, 4.69) is 5.32 Å². The number of aliphatic hydroxyl groups is 1. The van der Waals surface area contributed by atoms with E-state index in [4.69, 9.17) is 5.11 Å². The molecule has 100 valence electrons. The zero-order chi connectivity index (χ0) is 13.7. The fourth-order valence-corrected chi connectivity index (χ4v) is 1.78. The van der Waals surface area contributed by atoms with Crippen molar-refractivity contribution in [1.82, 2.24) is 5.32 Å². The predicted octanol–water partition coefficient (Wildman–Crippen LogP) is 2.75. The molecular formula is C15H15F2NO. The number of hydrogen-bond donors (Lipinski definition) is 2. The molecular weight excluding hydrogens is 248 g/mol. The maximum atomic E-state index is 13.4. The lowest BCUT2D eigenvalue weighted by molar-refractivity contribution is 0.282. The van der Waals surface area contributed by atoms with Gasteiger partial charge in [-0.25, -0.2) is 8.78 Å². The Labute approximate surface area is 110 Å². The normalized spacial score (nSPS) is 10.7. The summed E-state index contributed by atoms with van der Waals surface area (Å²) in [5.41, 5.74) is 2.18. The van der Waals surface area contributed by atoms with E-state index in [0.29, 0.717) is 12.1 Å². The highest BCUT2D eigenvalue weighted by Gasteiger charge is 2.03. The summed E-state index contributed by atoms with van der Waals surface area (Å²) >= 11 is 0. The number of rotatable bonds is 5. The van der Waals surface area contributed by atoms with E-state index in [-0.39, 0.29) is 13.2 Å². The first kappa shape index (κ1) is 13.6. The number of benzene rings is 2. The van der Waals surface area contributed by atoms with Crippen LogP contribution in [0.15, 0.2) is 42.5 Å². The van der Waals surface area contributed by atoms with Gasteiger partial charge in [0.2, 0.25) is 0 Å². The maximum absolute atomic E-state index is 13.4. The van der Waals surface area contributed by atoms with Gasteiger partial charge in [-0.05, 0) is 29.3 Å². The SMILES string of the molecule is OCc1ccc(CNCc2cc(F)ccc2F)cc1. The minimum atomic E-state index is -0.439.